The molecule has 1 saturated heterocycles. The van der Waals surface area contributed by atoms with Crippen LogP contribution in [0.5, 0.6) is 0 Å². The van der Waals surface area contributed by atoms with Gasteiger partial charge in [-0.1, -0.05) is 49.7 Å². The van der Waals surface area contributed by atoms with E-state index < -0.39 is 0 Å². The van der Waals surface area contributed by atoms with Crippen LogP contribution in [0.3, 0.4) is 0 Å². The van der Waals surface area contributed by atoms with Gasteiger partial charge in [0.15, 0.2) is 0 Å². The molecule has 2 aromatic rings. The van der Waals surface area contributed by atoms with Crippen LogP contribution in [0.2, 0.25) is 0 Å². The number of hydrogen-bond donors (Lipinski definition) is 2. The van der Waals surface area contributed by atoms with Crippen molar-refractivity contribution in [1.82, 2.24) is 15.5 Å². The Hall–Kier alpha value is -2.17. The zero-order valence-corrected chi connectivity index (χ0v) is 15.4. The topological polar surface area (TPSA) is 44.4 Å². The van der Waals surface area contributed by atoms with E-state index in [0.29, 0.717) is 0 Å². The van der Waals surface area contributed by atoms with Crippen molar-refractivity contribution in [2.75, 3.05) is 32.7 Å². The minimum atomic E-state index is 0.0586. The Morgan fingerprint density at radius 1 is 1.12 bits per heavy atom. The normalized spacial score (nSPS) is 19.0. The van der Waals surface area contributed by atoms with Crippen molar-refractivity contribution in [2.24, 2.45) is 0 Å². The Balaban J connectivity index is 1.76. The predicted molar refractivity (Wildman–Crippen MR) is 105 cm³/mol. The standard InChI is InChI=1S/C22H27N3O/c1-2-3-11-24-22(26)19-10-6-9-17-16-7-4-5-8-18(16)21(20(17)19)25-14-12-23-13-15-25/h4-10,21,23H,2-3,11-15H2,1H3,(H,24,26). The third-order valence-electron chi connectivity index (χ3n) is 5.50. The summed E-state index contributed by atoms with van der Waals surface area (Å²) in [5.41, 5.74) is 5.84. The van der Waals surface area contributed by atoms with Crippen LogP contribution in [-0.2, 0) is 0 Å². The first kappa shape index (κ1) is 17.3. The number of carbonyl (C=O) groups excluding carboxylic acids is 1. The summed E-state index contributed by atoms with van der Waals surface area (Å²) in [7, 11) is 0. The lowest BCUT2D eigenvalue weighted by atomic mass is 9.96. The molecule has 2 aromatic carbocycles. The summed E-state index contributed by atoms with van der Waals surface area (Å²) in [6.07, 6.45) is 2.10. The fraction of sp³-hybridized carbons (Fsp3) is 0.409. The van der Waals surface area contributed by atoms with Crippen LogP contribution in [-0.4, -0.2) is 43.5 Å². The lowest BCUT2D eigenvalue weighted by Crippen LogP contribution is -2.45. The lowest BCUT2D eigenvalue weighted by Gasteiger charge is -2.34. The largest absolute Gasteiger partial charge is 0.352 e. The fourth-order valence-corrected chi connectivity index (χ4v) is 4.22. The molecule has 1 atom stereocenters. The van der Waals surface area contributed by atoms with Crippen LogP contribution < -0.4 is 10.6 Å². The highest BCUT2D eigenvalue weighted by Crippen LogP contribution is 2.47. The van der Waals surface area contributed by atoms with Crippen molar-refractivity contribution in [2.45, 2.75) is 25.8 Å². The van der Waals surface area contributed by atoms with Gasteiger partial charge in [-0.3, -0.25) is 9.69 Å². The molecule has 4 nitrogen and oxygen atoms in total. The number of carbonyl (C=O) groups is 1. The van der Waals surface area contributed by atoms with E-state index in [2.05, 4.69) is 52.8 Å². The SMILES string of the molecule is CCCCNC(=O)c1cccc2c1C(N1CCNCC1)c1ccccc1-2. The second-order valence-electron chi connectivity index (χ2n) is 7.15. The minimum absolute atomic E-state index is 0.0586. The third kappa shape index (κ3) is 3.04. The molecule has 4 heteroatoms. The van der Waals surface area contributed by atoms with Gasteiger partial charge in [0.25, 0.3) is 5.91 Å². The molecule has 0 radical (unpaired) electrons. The van der Waals surface area contributed by atoms with Crippen LogP contribution in [0.25, 0.3) is 11.1 Å². The van der Waals surface area contributed by atoms with Gasteiger partial charge >= 0.3 is 0 Å². The first-order valence-corrected chi connectivity index (χ1v) is 9.76. The summed E-state index contributed by atoms with van der Waals surface area (Å²) in [6.45, 7) is 6.89. The Morgan fingerprint density at radius 3 is 2.69 bits per heavy atom. The zero-order valence-electron chi connectivity index (χ0n) is 15.4. The molecule has 2 aliphatic rings. The van der Waals surface area contributed by atoms with Crippen molar-refractivity contribution in [3.63, 3.8) is 0 Å². The first-order chi connectivity index (χ1) is 12.8. The second-order valence-corrected chi connectivity index (χ2v) is 7.15. The summed E-state index contributed by atoms with van der Waals surface area (Å²) in [5, 5.41) is 6.55. The molecule has 136 valence electrons. The second kappa shape index (κ2) is 7.60. The van der Waals surface area contributed by atoms with Crippen molar-refractivity contribution >= 4 is 5.91 Å². The molecule has 2 N–H and O–H groups in total. The number of benzene rings is 2. The minimum Gasteiger partial charge on any atom is -0.352 e. The van der Waals surface area contributed by atoms with Gasteiger partial charge in [-0.15, -0.1) is 0 Å². The first-order valence-electron chi connectivity index (χ1n) is 9.76. The maximum Gasteiger partial charge on any atom is 0.251 e. The van der Waals surface area contributed by atoms with Gasteiger partial charge in [-0.2, -0.15) is 0 Å². The number of hydrogen-bond acceptors (Lipinski definition) is 3. The highest BCUT2D eigenvalue weighted by Gasteiger charge is 2.36. The van der Waals surface area contributed by atoms with E-state index in [-0.39, 0.29) is 11.9 Å². The Bertz CT molecular complexity index is 796. The predicted octanol–water partition coefficient (Wildman–Crippen LogP) is 3.19. The smallest absolute Gasteiger partial charge is 0.251 e. The molecule has 0 bridgehead atoms. The third-order valence-corrected chi connectivity index (χ3v) is 5.50. The maximum absolute atomic E-state index is 12.9. The molecule has 1 aliphatic heterocycles. The average molecular weight is 349 g/mol. The van der Waals surface area contributed by atoms with E-state index >= 15 is 0 Å². The molecule has 1 unspecified atom stereocenters. The maximum atomic E-state index is 12.9. The van der Waals surface area contributed by atoms with Gasteiger partial charge in [-0.25, -0.2) is 0 Å². The Labute approximate surface area is 155 Å². The number of nitrogens with zero attached hydrogens (tertiary/aromatic N) is 1. The molecule has 0 spiro atoms. The molecule has 1 aliphatic carbocycles. The molecule has 0 aromatic heterocycles. The number of unbranched alkanes of at least 4 members (excludes halogenated alkanes) is 1. The van der Waals surface area contributed by atoms with Crippen molar-refractivity contribution in [3.05, 3.63) is 59.2 Å². The van der Waals surface area contributed by atoms with Crippen LogP contribution in [0.15, 0.2) is 42.5 Å². The van der Waals surface area contributed by atoms with Crippen molar-refractivity contribution in [3.8, 4) is 11.1 Å². The Kier molecular flexibility index (Phi) is 5.05. The van der Waals surface area contributed by atoms with E-state index in [1.54, 1.807) is 0 Å². The summed E-state index contributed by atoms with van der Waals surface area (Å²) < 4.78 is 0. The molecule has 1 amide bonds. The van der Waals surface area contributed by atoms with Crippen molar-refractivity contribution in [1.29, 1.82) is 0 Å². The number of rotatable bonds is 5. The molecular formula is C22H27N3O. The van der Waals surface area contributed by atoms with Crippen LogP contribution in [0, 0.1) is 0 Å². The van der Waals surface area contributed by atoms with E-state index in [9.17, 15) is 4.79 Å². The highest BCUT2D eigenvalue weighted by atomic mass is 16.1. The van der Waals surface area contributed by atoms with Gasteiger partial charge < -0.3 is 10.6 Å². The fourth-order valence-electron chi connectivity index (χ4n) is 4.22. The number of fused-ring (bicyclic) bond motifs is 3. The quantitative estimate of drug-likeness (QED) is 0.815. The van der Waals surface area contributed by atoms with E-state index in [1.165, 1.54) is 22.3 Å². The number of amides is 1. The molecular weight excluding hydrogens is 322 g/mol. The van der Waals surface area contributed by atoms with Gasteiger partial charge in [0, 0.05) is 38.3 Å². The van der Waals surface area contributed by atoms with E-state index in [0.717, 1.165) is 51.1 Å². The van der Waals surface area contributed by atoms with Gasteiger partial charge in [0.1, 0.15) is 0 Å². The van der Waals surface area contributed by atoms with E-state index in [4.69, 9.17) is 0 Å². The zero-order chi connectivity index (χ0) is 17.9. The summed E-state index contributed by atoms with van der Waals surface area (Å²) in [6, 6.07) is 15.0. The molecule has 0 saturated carbocycles. The monoisotopic (exact) mass is 349 g/mol. The molecule has 26 heavy (non-hydrogen) atoms. The Morgan fingerprint density at radius 2 is 1.88 bits per heavy atom. The van der Waals surface area contributed by atoms with Crippen LogP contribution in [0.4, 0.5) is 0 Å². The summed E-state index contributed by atoms with van der Waals surface area (Å²) >= 11 is 0. The molecule has 1 fully saturated rings. The number of nitrogens with one attached hydrogen (secondary N) is 2. The van der Waals surface area contributed by atoms with Crippen LogP contribution in [0.1, 0.15) is 47.3 Å². The van der Waals surface area contributed by atoms with Gasteiger partial charge in [-0.05, 0) is 34.7 Å². The van der Waals surface area contributed by atoms with Gasteiger partial charge in [0.05, 0.1) is 6.04 Å². The lowest BCUT2D eigenvalue weighted by molar-refractivity contribution is 0.0950. The van der Waals surface area contributed by atoms with Crippen molar-refractivity contribution < 1.29 is 4.79 Å². The molecule has 1 heterocycles. The number of piperazine rings is 1. The molecule has 4 rings (SSSR count). The summed E-state index contributed by atoms with van der Waals surface area (Å²) in [5.74, 6) is 0.0586. The highest BCUT2D eigenvalue weighted by molar-refractivity contribution is 5.99. The van der Waals surface area contributed by atoms with Gasteiger partial charge in [0.2, 0.25) is 0 Å². The summed E-state index contributed by atoms with van der Waals surface area (Å²) in [4.78, 5) is 15.4. The van der Waals surface area contributed by atoms with E-state index in [1.807, 2.05) is 12.1 Å². The average Bonchev–Trinajstić information content (AvgIpc) is 3.03. The van der Waals surface area contributed by atoms with Crippen LogP contribution >= 0.6 is 0 Å².